The van der Waals surface area contributed by atoms with Crippen LogP contribution < -0.4 is 4.90 Å². The second kappa shape index (κ2) is 6.21. The summed E-state index contributed by atoms with van der Waals surface area (Å²) in [4.78, 5) is 17.8. The molecule has 3 nitrogen and oxygen atoms in total. The van der Waals surface area contributed by atoms with Gasteiger partial charge in [0, 0.05) is 18.5 Å². The van der Waals surface area contributed by atoms with Gasteiger partial charge in [-0.05, 0) is 12.8 Å². The Morgan fingerprint density at radius 3 is 2.69 bits per heavy atom. The monoisotopic (exact) mass is 260 g/mol. The molecule has 0 saturated heterocycles. The highest BCUT2D eigenvalue weighted by Gasteiger charge is 2.16. The minimum absolute atomic E-state index is 0.00211. The zero-order chi connectivity index (χ0) is 12.1. The number of ketones is 1. The highest BCUT2D eigenvalue weighted by molar-refractivity contribution is 7.14. The number of anilines is 1. The van der Waals surface area contributed by atoms with Crippen molar-refractivity contribution in [2.45, 2.75) is 32.7 Å². The van der Waals surface area contributed by atoms with Crippen molar-refractivity contribution >= 4 is 33.9 Å². The lowest BCUT2D eigenvalue weighted by Crippen LogP contribution is -2.30. The summed E-state index contributed by atoms with van der Waals surface area (Å²) in [5.41, 5.74) is 0.479. The molecule has 0 spiro atoms. The largest absolute Gasteiger partial charge is 0.348 e. The smallest absolute Gasteiger partial charge is 0.196 e. The summed E-state index contributed by atoms with van der Waals surface area (Å²) in [6.07, 6.45) is 2.15. The molecule has 0 bridgehead atoms. The van der Waals surface area contributed by atoms with Gasteiger partial charge in [0.25, 0.3) is 0 Å². The summed E-state index contributed by atoms with van der Waals surface area (Å²) in [5, 5.41) is 2.67. The molecule has 90 valence electrons. The minimum atomic E-state index is -0.109. The molecule has 16 heavy (non-hydrogen) atoms. The predicted octanol–water partition coefficient (Wildman–Crippen LogP) is 3.19. The van der Waals surface area contributed by atoms with E-state index in [1.807, 2.05) is 7.05 Å². The van der Waals surface area contributed by atoms with Gasteiger partial charge in [0.15, 0.2) is 10.9 Å². The zero-order valence-corrected chi connectivity index (χ0v) is 11.4. The third-order valence-corrected chi connectivity index (χ3v) is 3.87. The lowest BCUT2D eigenvalue weighted by Gasteiger charge is -2.25. The fraction of sp³-hybridized carbons (Fsp3) is 0.636. The third kappa shape index (κ3) is 2.95. The number of alkyl halides is 1. The van der Waals surface area contributed by atoms with Crippen molar-refractivity contribution in [3.63, 3.8) is 0 Å². The molecule has 1 aromatic heterocycles. The zero-order valence-electron chi connectivity index (χ0n) is 9.86. The normalized spacial score (nSPS) is 10.8. The number of carbonyl (C=O) groups is 1. The molecule has 0 aliphatic heterocycles. The molecule has 0 atom stereocenters. The number of Topliss-reactive ketones (excluding diaryl/α,β-unsaturated/α-hetero) is 1. The summed E-state index contributed by atoms with van der Waals surface area (Å²) < 4.78 is 0. The Hall–Kier alpha value is -0.610. The number of halogens is 1. The van der Waals surface area contributed by atoms with Crippen molar-refractivity contribution in [3.05, 3.63) is 11.1 Å². The number of hydrogen-bond acceptors (Lipinski definition) is 4. The summed E-state index contributed by atoms with van der Waals surface area (Å²) >= 11 is 6.99. The molecule has 0 radical (unpaired) electrons. The van der Waals surface area contributed by atoms with Crippen molar-refractivity contribution in [3.8, 4) is 0 Å². The van der Waals surface area contributed by atoms with Gasteiger partial charge in [-0.3, -0.25) is 4.79 Å². The number of aromatic nitrogens is 1. The van der Waals surface area contributed by atoms with E-state index >= 15 is 0 Å². The van der Waals surface area contributed by atoms with Crippen LogP contribution in [0.3, 0.4) is 0 Å². The van der Waals surface area contributed by atoms with Crippen LogP contribution in [0.2, 0.25) is 0 Å². The van der Waals surface area contributed by atoms with Crippen LogP contribution in [-0.4, -0.2) is 29.7 Å². The average molecular weight is 261 g/mol. The maximum Gasteiger partial charge on any atom is 0.196 e. The topological polar surface area (TPSA) is 33.2 Å². The van der Waals surface area contributed by atoms with Gasteiger partial charge in [0.05, 0.1) is 5.88 Å². The lowest BCUT2D eigenvalue weighted by atomic mass is 10.1. The first-order chi connectivity index (χ1) is 7.63. The molecular weight excluding hydrogens is 244 g/mol. The van der Waals surface area contributed by atoms with Crippen LogP contribution in [0.1, 0.15) is 37.2 Å². The van der Waals surface area contributed by atoms with Crippen LogP contribution >= 0.6 is 22.9 Å². The first kappa shape index (κ1) is 13.5. The minimum Gasteiger partial charge on any atom is -0.348 e. The van der Waals surface area contributed by atoms with Crippen molar-refractivity contribution in [1.82, 2.24) is 4.98 Å². The van der Waals surface area contributed by atoms with E-state index in [1.165, 1.54) is 11.3 Å². The molecule has 1 heterocycles. The number of rotatable bonds is 6. The van der Waals surface area contributed by atoms with Gasteiger partial charge in [0.2, 0.25) is 0 Å². The maximum atomic E-state index is 11.4. The Morgan fingerprint density at radius 1 is 1.56 bits per heavy atom. The standard InChI is InChI=1S/C11H17ClN2OS/c1-4-8(5-2)14(3)11-13-9(7-16-11)10(15)6-12/h7-8H,4-6H2,1-3H3. The van der Waals surface area contributed by atoms with Crippen LogP contribution in [0.4, 0.5) is 5.13 Å². The van der Waals surface area contributed by atoms with Gasteiger partial charge in [-0.2, -0.15) is 0 Å². The summed E-state index contributed by atoms with van der Waals surface area (Å²) in [6, 6.07) is 0.477. The van der Waals surface area contributed by atoms with E-state index < -0.39 is 0 Å². The molecule has 0 amide bonds. The highest BCUT2D eigenvalue weighted by atomic mass is 35.5. The molecule has 0 aromatic carbocycles. The fourth-order valence-electron chi connectivity index (χ4n) is 1.62. The van der Waals surface area contributed by atoms with Gasteiger partial charge in [-0.25, -0.2) is 4.98 Å². The predicted molar refractivity (Wildman–Crippen MR) is 69.9 cm³/mol. The molecule has 0 unspecified atom stereocenters. The molecule has 1 rings (SSSR count). The Labute approximate surface area is 105 Å². The Balaban J connectivity index is 2.80. The van der Waals surface area contributed by atoms with E-state index in [0.717, 1.165) is 18.0 Å². The molecular formula is C11H17ClN2OS. The van der Waals surface area contributed by atoms with Gasteiger partial charge < -0.3 is 4.90 Å². The molecule has 0 fully saturated rings. The number of carbonyl (C=O) groups excluding carboxylic acids is 1. The summed E-state index contributed by atoms with van der Waals surface area (Å²) in [6.45, 7) is 4.31. The Bertz CT molecular complexity index is 350. The molecule has 0 aliphatic rings. The lowest BCUT2D eigenvalue weighted by molar-refractivity contribution is 0.101. The van der Waals surface area contributed by atoms with E-state index in [0.29, 0.717) is 11.7 Å². The number of hydrogen-bond donors (Lipinski definition) is 0. The molecule has 1 aromatic rings. The summed E-state index contributed by atoms with van der Waals surface area (Å²) in [7, 11) is 2.02. The third-order valence-electron chi connectivity index (χ3n) is 2.69. The highest BCUT2D eigenvalue weighted by Crippen LogP contribution is 2.23. The van der Waals surface area contributed by atoms with E-state index in [1.54, 1.807) is 5.38 Å². The van der Waals surface area contributed by atoms with Gasteiger partial charge >= 0.3 is 0 Å². The van der Waals surface area contributed by atoms with E-state index in [4.69, 9.17) is 11.6 Å². The second-order valence-electron chi connectivity index (χ2n) is 3.65. The molecule has 5 heteroatoms. The van der Waals surface area contributed by atoms with Gasteiger partial charge in [-0.1, -0.05) is 13.8 Å². The van der Waals surface area contributed by atoms with Crippen molar-refractivity contribution in [1.29, 1.82) is 0 Å². The van der Waals surface area contributed by atoms with Crippen molar-refractivity contribution in [2.24, 2.45) is 0 Å². The molecule has 0 saturated carbocycles. The van der Waals surface area contributed by atoms with Gasteiger partial charge in [-0.15, -0.1) is 22.9 Å². The maximum absolute atomic E-state index is 11.4. The van der Waals surface area contributed by atoms with Crippen LogP contribution in [0.25, 0.3) is 0 Å². The first-order valence-electron chi connectivity index (χ1n) is 5.41. The fourth-order valence-corrected chi connectivity index (χ4v) is 2.62. The van der Waals surface area contributed by atoms with Crippen molar-refractivity contribution < 1.29 is 4.79 Å². The number of nitrogens with zero attached hydrogens (tertiary/aromatic N) is 2. The van der Waals surface area contributed by atoms with E-state index in [9.17, 15) is 4.79 Å². The van der Waals surface area contributed by atoms with E-state index in [2.05, 4.69) is 23.7 Å². The molecule has 0 aliphatic carbocycles. The quantitative estimate of drug-likeness (QED) is 0.582. The van der Waals surface area contributed by atoms with Crippen molar-refractivity contribution in [2.75, 3.05) is 17.8 Å². The Morgan fingerprint density at radius 2 is 2.19 bits per heavy atom. The van der Waals surface area contributed by atoms with Crippen LogP contribution in [0, 0.1) is 0 Å². The van der Waals surface area contributed by atoms with Crippen LogP contribution in [-0.2, 0) is 0 Å². The second-order valence-corrected chi connectivity index (χ2v) is 4.76. The van der Waals surface area contributed by atoms with Crippen LogP contribution in [0.5, 0.6) is 0 Å². The summed E-state index contributed by atoms with van der Waals surface area (Å²) in [5.74, 6) is -0.111. The van der Waals surface area contributed by atoms with Crippen LogP contribution in [0.15, 0.2) is 5.38 Å². The average Bonchev–Trinajstić information content (AvgIpc) is 2.78. The Kier molecular flexibility index (Phi) is 5.22. The first-order valence-corrected chi connectivity index (χ1v) is 6.82. The number of thiazole rings is 1. The van der Waals surface area contributed by atoms with Gasteiger partial charge in [0.1, 0.15) is 5.69 Å². The molecule has 0 N–H and O–H groups in total. The van der Waals surface area contributed by atoms with E-state index in [-0.39, 0.29) is 11.7 Å². The SMILES string of the molecule is CCC(CC)N(C)c1nc(C(=O)CCl)cs1.